The first-order valence-electron chi connectivity index (χ1n) is 9.86. The third kappa shape index (κ3) is 6.92. The highest BCUT2D eigenvalue weighted by molar-refractivity contribution is 6.30. The zero-order valence-electron chi connectivity index (χ0n) is 16.4. The van der Waals surface area contributed by atoms with Gasteiger partial charge in [-0.05, 0) is 48.7 Å². The summed E-state index contributed by atoms with van der Waals surface area (Å²) >= 11 is 5.85. The standard InChI is InChI=1S/C22H24ClF3N2O2/c23-18-4-6-20(7-5-18)30-13-12-28-10-8-19(9-11-28)27-21(29)15-16-2-1-3-17(14-16)22(24,25)26/h1-7,14,19H,8-13,15H2,(H,27,29). The first kappa shape index (κ1) is 22.4. The molecular weight excluding hydrogens is 417 g/mol. The minimum Gasteiger partial charge on any atom is -0.492 e. The van der Waals surface area contributed by atoms with Crippen LogP contribution in [0.5, 0.6) is 5.75 Å². The average Bonchev–Trinajstić information content (AvgIpc) is 2.70. The van der Waals surface area contributed by atoms with Gasteiger partial charge in [-0.1, -0.05) is 29.8 Å². The van der Waals surface area contributed by atoms with Crippen molar-refractivity contribution < 1.29 is 22.7 Å². The summed E-state index contributed by atoms with van der Waals surface area (Å²) in [5.74, 6) is 0.523. The molecule has 1 aliphatic rings. The van der Waals surface area contributed by atoms with E-state index in [4.69, 9.17) is 16.3 Å². The maximum Gasteiger partial charge on any atom is 0.416 e. The van der Waals surface area contributed by atoms with Gasteiger partial charge in [0.15, 0.2) is 0 Å². The molecule has 0 aliphatic carbocycles. The van der Waals surface area contributed by atoms with Crippen LogP contribution < -0.4 is 10.1 Å². The summed E-state index contributed by atoms with van der Waals surface area (Å²) in [5.41, 5.74) is -0.374. The van der Waals surface area contributed by atoms with Gasteiger partial charge >= 0.3 is 6.18 Å². The summed E-state index contributed by atoms with van der Waals surface area (Å²) in [4.78, 5) is 14.5. The van der Waals surface area contributed by atoms with Crippen LogP contribution in [0.15, 0.2) is 48.5 Å². The number of nitrogens with one attached hydrogen (secondary N) is 1. The van der Waals surface area contributed by atoms with Gasteiger partial charge in [-0.2, -0.15) is 13.2 Å². The number of carbonyl (C=O) groups excluding carboxylic acids is 1. The van der Waals surface area contributed by atoms with Crippen molar-refractivity contribution in [1.29, 1.82) is 0 Å². The van der Waals surface area contributed by atoms with Crippen molar-refractivity contribution in [2.75, 3.05) is 26.2 Å². The Kier molecular flexibility index (Phi) is 7.61. The van der Waals surface area contributed by atoms with Crippen LogP contribution in [0.4, 0.5) is 13.2 Å². The molecule has 3 rings (SSSR count). The average molecular weight is 441 g/mol. The molecule has 1 heterocycles. The third-order valence-electron chi connectivity index (χ3n) is 5.06. The summed E-state index contributed by atoms with van der Waals surface area (Å²) in [6, 6.07) is 12.2. The number of halogens is 4. The monoisotopic (exact) mass is 440 g/mol. The van der Waals surface area contributed by atoms with Gasteiger partial charge in [-0.25, -0.2) is 0 Å². The lowest BCUT2D eigenvalue weighted by molar-refractivity contribution is -0.137. The lowest BCUT2D eigenvalue weighted by Crippen LogP contribution is -2.45. The fourth-order valence-corrected chi connectivity index (χ4v) is 3.57. The van der Waals surface area contributed by atoms with Gasteiger partial charge in [-0.15, -0.1) is 0 Å². The number of benzene rings is 2. The van der Waals surface area contributed by atoms with Gasteiger partial charge in [0.2, 0.25) is 5.91 Å². The number of alkyl halides is 3. The highest BCUT2D eigenvalue weighted by Crippen LogP contribution is 2.29. The lowest BCUT2D eigenvalue weighted by atomic mass is 10.0. The zero-order valence-corrected chi connectivity index (χ0v) is 17.2. The van der Waals surface area contributed by atoms with Crippen LogP contribution in [0, 0.1) is 0 Å². The SMILES string of the molecule is O=C(Cc1cccc(C(F)(F)F)c1)NC1CCN(CCOc2ccc(Cl)cc2)CC1. The molecule has 1 fully saturated rings. The molecule has 2 aromatic carbocycles. The summed E-state index contributed by atoms with van der Waals surface area (Å²) in [7, 11) is 0. The van der Waals surface area contributed by atoms with Crippen LogP contribution in [-0.2, 0) is 17.4 Å². The van der Waals surface area contributed by atoms with E-state index in [1.54, 1.807) is 12.1 Å². The third-order valence-corrected chi connectivity index (χ3v) is 5.31. The maximum absolute atomic E-state index is 12.8. The molecule has 1 amide bonds. The Balaban J connectivity index is 1.37. The van der Waals surface area contributed by atoms with Crippen molar-refractivity contribution in [2.45, 2.75) is 31.5 Å². The number of piperidine rings is 1. The Labute approximate surface area is 179 Å². The van der Waals surface area contributed by atoms with E-state index in [9.17, 15) is 18.0 Å². The van der Waals surface area contributed by atoms with Crippen LogP contribution in [0.25, 0.3) is 0 Å². The van der Waals surface area contributed by atoms with Crippen LogP contribution in [-0.4, -0.2) is 43.1 Å². The fourth-order valence-electron chi connectivity index (χ4n) is 3.45. The molecular formula is C22H24ClF3N2O2. The predicted molar refractivity (Wildman–Crippen MR) is 110 cm³/mol. The number of likely N-dealkylation sites (tertiary alicyclic amines) is 1. The molecule has 8 heteroatoms. The van der Waals surface area contributed by atoms with Gasteiger partial charge < -0.3 is 10.1 Å². The number of amides is 1. The van der Waals surface area contributed by atoms with Gasteiger partial charge in [0.25, 0.3) is 0 Å². The van der Waals surface area contributed by atoms with Gasteiger partial charge in [-0.3, -0.25) is 9.69 Å². The number of rotatable bonds is 7. The molecule has 30 heavy (non-hydrogen) atoms. The van der Waals surface area contributed by atoms with Crippen LogP contribution in [0.3, 0.4) is 0 Å². The second-order valence-corrected chi connectivity index (χ2v) is 7.80. The number of hydrogen-bond donors (Lipinski definition) is 1. The van der Waals surface area contributed by atoms with E-state index >= 15 is 0 Å². The second-order valence-electron chi connectivity index (χ2n) is 7.36. The second kappa shape index (κ2) is 10.2. The van der Waals surface area contributed by atoms with E-state index < -0.39 is 11.7 Å². The molecule has 0 aromatic heterocycles. The first-order chi connectivity index (χ1) is 14.3. The quantitative estimate of drug-likeness (QED) is 0.686. The molecule has 0 radical (unpaired) electrons. The number of nitrogens with zero attached hydrogens (tertiary/aromatic N) is 1. The van der Waals surface area contributed by atoms with E-state index in [-0.39, 0.29) is 18.4 Å². The van der Waals surface area contributed by atoms with E-state index in [1.165, 1.54) is 12.1 Å². The molecule has 4 nitrogen and oxygen atoms in total. The summed E-state index contributed by atoms with van der Waals surface area (Å²) in [6.07, 6.45) is -2.86. The minimum absolute atomic E-state index is 0.0386. The largest absolute Gasteiger partial charge is 0.492 e. The van der Waals surface area contributed by atoms with Crippen molar-refractivity contribution in [3.05, 3.63) is 64.7 Å². The molecule has 0 saturated carbocycles. The lowest BCUT2D eigenvalue weighted by Gasteiger charge is -2.32. The van der Waals surface area contributed by atoms with Crippen molar-refractivity contribution in [1.82, 2.24) is 10.2 Å². The molecule has 1 saturated heterocycles. The highest BCUT2D eigenvalue weighted by Gasteiger charge is 2.30. The molecule has 162 valence electrons. The van der Waals surface area contributed by atoms with Gasteiger partial charge in [0.05, 0.1) is 12.0 Å². The maximum atomic E-state index is 12.8. The van der Waals surface area contributed by atoms with Gasteiger partial charge in [0.1, 0.15) is 12.4 Å². The van der Waals surface area contributed by atoms with Crippen LogP contribution >= 0.6 is 11.6 Å². The molecule has 1 aliphatic heterocycles. The van der Waals surface area contributed by atoms with E-state index in [0.717, 1.165) is 50.4 Å². The van der Waals surface area contributed by atoms with E-state index in [0.29, 0.717) is 17.2 Å². The predicted octanol–water partition coefficient (Wildman–Crippen LogP) is 4.56. The fraction of sp³-hybridized carbons (Fsp3) is 0.409. The highest BCUT2D eigenvalue weighted by atomic mass is 35.5. The van der Waals surface area contributed by atoms with Crippen LogP contribution in [0.1, 0.15) is 24.0 Å². The van der Waals surface area contributed by atoms with Crippen molar-refractivity contribution in [2.24, 2.45) is 0 Å². The Morgan fingerprint density at radius 2 is 1.83 bits per heavy atom. The summed E-state index contributed by atoms with van der Waals surface area (Å²) < 4.78 is 44.1. The molecule has 0 unspecified atom stereocenters. The Hall–Kier alpha value is -2.25. The Morgan fingerprint density at radius 3 is 2.50 bits per heavy atom. The summed E-state index contributed by atoms with van der Waals surface area (Å²) in [5, 5.41) is 3.61. The number of carbonyl (C=O) groups is 1. The van der Waals surface area contributed by atoms with Crippen LogP contribution in [0.2, 0.25) is 5.02 Å². The molecule has 0 spiro atoms. The molecule has 1 N–H and O–H groups in total. The molecule has 2 aromatic rings. The molecule has 0 atom stereocenters. The number of ether oxygens (including phenoxy) is 1. The smallest absolute Gasteiger partial charge is 0.416 e. The Morgan fingerprint density at radius 1 is 1.13 bits per heavy atom. The topological polar surface area (TPSA) is 41.6 Å². The summed E-state index contributed by atoms with van der Waals surface area (Å²) in [6.45, 7) is 3.01. The minimum atomic E-state index is -4.41. The van der Waals surface area contributed by atoms with Crippen molar-refractivity contribution >= 4 is 17.5 Å². The number of hydrogen-bond acceptors (Lipinski definition) is 3. The molecule has 0 bridgehead atoms. The Bertz CT molecular complexity index is 835. The van der Waals surface area contributed by atoms with E-state index in [1.807, 2.05) is 12.1 Å². The normalized spacial score (nSPS) is 15.7. The van der Waals surface area contributed by atoms with Crippen molar-refractivity contribution in [3.8, 4) is 5.75 Å². The van der Waals surface area contributed by atoms with Crippen molar-refractivity contribution in [3.63, 3.8) is 0 Å². The van der Waals surface area contributed by atoms with Gasteiger partial charge in [0, 0.05) is 30.7 Å². The zero-order chi connectivity index (χ0) is 21.6. The first-order valence-corrected chi connectivity index (χ1v) is 10.2. The van der Waals surface area contributed by atoms with E-state index in [2.05, 4.69) is 10.2 Å².